The van der Waals surface area contributed by atoms with E-state index in [0.29, 0.717) is 12.7 Å². The van der Waals surface area contributed by atoms with Crippen LogP contribution in [-0.2, 0) is 22.7 Å². The molecule has 0 aliphatic heterocycles. The van der Waals surface area contributed by atoms with Gasteiger partial charge in [0.15, 0.2) is 0 Å². The van der Waals surface area contributed by atoms with Gasteiger partial charge in [-0.1, -0.05) is 25.0 Å². The van der Waals surface area contributed by atoms with Crippen LogP contribution in [0.25, 0.3) is 0 Å². The van der Waals surface area contributed by atoms with Gasteiger partial charge in [-0.2, -0.15) is 0 Å². The summed E-state index contributed by atoms with van der Waals surface area (Å²) >= 11 is 0. The Morgan fingerprint density at radius 2 is 2.05 bits per heavy atom. The summed E-state index contributed by atoms with van der Waals surface area (Å²) in [5.41, 5.74) is 1.94. The van der Waals surface area contributed by atoms with E-state index < -0.39 is 0 Å². The van der Waals surface area contributed by atoms with Gasteiger partial charge in [-0.15, -0.1) is 0 Å². The zero-order valence-electron chi connectivity index (χ0n) is 12.6. The minimum absolute atomic E-state index is 0.0621. The molecule has 1 amide bonds. The van der Waals surface area contributed by atoms with Crippen molar-refractivity contribution < 1.29 is 9.53 Å². The number of carbonyl (C=O) groups is 1. The number of benzene rings is 1. The van der Waals surface area contributed by atoms with Crippen LogP contribution in [0.3, 0.4) is 0 Å². The van der Waals surface area contributed by atoms with E-state index in [-0.39, 0.29) is 12.5 Å². The molecule has 0 atom stereocenters. The second kappa shape index (κ2) is 7.22. The first-order chi connectivity index (χ1) is 10.8. The van der Waals surface area contributed by atoms with E-state index in [0.717, 1.165) is 11.3 Å². The van der Waals surface area contributed by atoms with Gasteiger partial charge in [-0.25, -0.2) is 4.98 Å². The maximum atomic E-state index is 11.9. The van der Waals surface area contributed by atoms with Crippen LogP contribution in [0.5, 0.6) is 0 Å². The maximum absolute atomic E-state index is 11.9. The molecule has 1 heterocycles. The molecule has 0 radical (unpaired) electrons. The fourth-order valence-corrected chi connectivity index (χ4v) is 2.70. The predicted octanol–water partition coefficient (Wildman–Crippen LogP) is 2.98. The van der Waals surface area contributed by atoms with E-state index in [1.807, 2.05) is 24.3 Å². The average molecular weight is 299 g/mol. The lowest BCUT2D eigenvalue weighted by molar-refractivity contribution is -0.116. The first-order valence-corrected chi connectivity index (χ1v) is 7.76. The van der Waals surface area contributed by atoms with Crippen LogP contribution in [-0.4, -0.2) is 21.6 Å². The van der Waals surface area contributed by atoms with Gasteiger partial charge in [0.2, 0.25) is 5.91 Å². The molecule has 1 aliphatic carbocycles. The topological polar surface area (TPSA) is 56.2 Å². The molecule has 0 bridgehead atoms. The zero-order chi connectivity index (χ0) is 15.2. The van der Waals surface area contributed by atoms with E-state index in [2.05, 4.69) is 10.3 Å². The Morgan fingerprint density at radius 1 is 1.27 bits per heavy atom. The van der Waals surface area contributed by atoms with E-state index in [4.69, 9.17) is 4.74 Å². The van der Waals surface area contributed by atoms with Crippen molar-refractivity contribution in [1.82, 2.24) is 9.55 Å². The fraction of sp³-hybridized carbons (Fsp3) is 0.412. The van der Waals surface area contributed by atoms with Crippen LogP contribution in [0.2, 0.25) is 0 Å². The van der Waals surface area contributed by atoms with Crippen molar-refractivity contribution in [3.05, 3.63) is 48.5 Å². The standard InChI is InChI=1S/C17H21N3O2/c21-17(11-20-10-9-18-13-20)19-15-7-5-14(6-8-15)12-22-16-3-1-2-4-16/h5-10,13,16H,1-4,11-12H2,(H,19,21). The highest BCUT2D eigenvalue weighted by atomic mass is 16.5. The predicted molar refractivity (Wildman–Crippen MR) is 84.3 cm³/mol. The lowest BCUT2D eigenvalue weighted by Crippen LogP contribution is -2.17. The average Bonchev–Trinajstić information content (AvgIpc) is 3.20. The molecule has 116 valence electrons. The van der Waals surface area contributed by atoms with Crippen molar-refractivity contribution in [3.63, 3.8) is 0 Å². The van der Waals surface area contributed by atoms with Crippen molar-refractivity contribution in [2.24, 2.45) is 0 Å². The summed E-state index contributed by atoms with van der Waals surface area (Å²) in [7, 11) is 0. The van der Waals surface area contributed by atoms with Gasteiger partial charge < -0.3 is 14.6 Å². The first kappa shape index (κ1) is 14.8. The number of hydrogen-bond donors (Lipinski definition) is 1. The molecule has 1 aromatic heterocycles. The minimum atomic E-state index is -0.0621. The smallest absolute Gasteiger partial charge is 0.244 e. The maximum Gasteiger partial charge on any atom is 0.244 e. The highest BCUT2D eigenvalue weighted by molar-refractivity contribution is 5.90. The summed E-state index contributed by atoms with van der Waals surface area (Å²) in [4.78, 5) is 15.8. The molecule has 1 aromatic carbocycles. The number of rotatable bonds is 6. The van der Waals surface area contributed by atoms with E-state index in [1.54, 1.807) is 23.3 Å². The highest BCUT2D eigenvalue weighted by Crippen LogP contribution is 2.22. The molecule has 0 unspecified atom stereocenters. The Bertz CT molecular complexity index is 587. The van der Waals surface area contributed by atoms with Gasteiger partial charge in [0.25, 0.3) is 0 Å². The van der Waals surface area contributed by atoms with Crippen molar-refractivity contribution in [1.29, 1.82) is 0 Å². The molecular formula is C17H21N3O2. The Hall–Kier alpha value is -2.14. The van der Waals surface area contributed by atoms with Gasteiger partial charge >= 0.3 is 0 Å². The molecule has 1 fully saturated rings. The number of carbonyl (C=O) groups excluding carboxylic acids is 1. The quantitative estimate of drug-likeness (QED) is 0.892. The summed E-state index contributed by atoms with van der Waals surface area (Å²) in [6, 6.07) is 7.84. The molecular weight excluding hydrogens is 278 g/mol. The van der Waals surface area contributed by atoms with E-state index in [9.17, 15) is 4.79 Å². The Balaban J connectivity index is 1.47. The van der Waals surface area contributed by atoms with E-state index in [1.165, 1.54) is 25.7 Å². The summed E-state index contributed by atoms with van der Waals surface area (Å²) in [6.45, 7) is 0.917. The molecule has 5 heteroatoms. The molecule has 3 rings (SSSR count). The third-order valence-electron chi connectivity index (χ3n) is 3.91. The monoisotopic (exact) mass is 299 g/mol. The van der Waals surface area contributed by atoms with Crippen LogP contribution in [0.15, 0.2) is 43.0 Å². The third kappa shape index (κ3) is 4.18. The number of anilines is 1. The first-order valence-electron chi connectivity index (χ1n) is 7.76. The van der Waals surface area contributed by atoms with Gasteiger partial charge in [-0.3, -0.25) is 4.79 Å². The molecule has 1 N–H and O–H groups in total. The Kier molecular flexibility index (Phi) is 4.85. The SMILES string of the molecule is O=C(Cn1ccnc1)Nc1ccc(COC2CCCC2)cc1. The van der Waals surface area contributed by atoms with Crippen molar-refractivity contribution in [3.8, 4) is 0 Å². The fourth-order valence-electron chi connectivity index (χ4n) is 2.70. The number of nitrogens with zero attached hydrogens (tertiary/aromatic N) is 2. The Labute approximate surface area is 130 Å². The van der Waals surface area contributed by atoms with Gasteiger partial charge in [0, 0.05) is 18.1 Å². The van der Waals surface area contributed by atoms with E-state index >= 15 is 0 Å². The summed E-state index contributed by atoms with van der Waals surface area (Å²) in [6.07, 6.45) is 10.4. The van der Waals surface area contributed by atoms with Crippen molar-refractivity contribution in [2.75, 3.05) is 5.32 Å². The normalized spacial score (nSPS) is 15.1. The lowest BCUT2D eigenvalue weighted by Gasteiger charge is -2.11. The third-order valence-corrected chi connectivity index (χ3v) is 3.91. The molecule has 1 aliphatic rings. The van der Waals surface area contributed by atoms with Crippen LogP contribution < -0.4 is 5.32 Å². The van der Waals surface area contributed by atoms with Crippen molar-refractivity contribution >= 4 is 11.6 Å². The lowest BCUT2D eigenvalue weighted by atomic mass is 10.2. The van der Waals surface area contributed by atoms with Crippen LogP contribution >= 0.6 is 0 Å². The van der Waals surface area contributed by atoms with Crippen LogP contribution in [0.4, 0.5) is 5.69 Å². The minimum Gasteiger partial charge on any atom is -0.374 e. The largest absolute Gasteiger partial charge is 0.374 e. The number of ether oxygens (including phenoxy) is 1. The summed E-state index contributed by atoms with van der Waals surface area (Å²) in [5, 5.41) is 2.88. The van der Waals surface area contributed by atoms with Crippen LogP contribution in [0, 0.1) is 0 Å². The molecule has 0 spiro atoms. The highest BCUT2D eigenvalue weighted by Gasteiger charge is 2.15. The summed E-state index contributed by atoms with van der Waals surface area (Å²) < 4.78 is 7.62. The van der Waals surface area contributed by atoms with Gasteiger partial charge in [0.1, 0.15) is 6.54 Å². The van der Waals surface area contributed by atoms with Gasteiger partial charge in [0.05, 0.1) is 19.0 Å². The molecule has 2 aromatic rings. The van der Waals surface area contributed by atoms with Crippen molar-refractivity contribution in [2.45, 2.75) is 44.9 Å². The molecule has 5 nitrogen and oxygen atoms in total. The molecule has 0 saturated heterocycles. The number of hydrogen-bond acceptors (Lipinski definition) is 3. The number of imidazole rings is 1. The zero-order valence-corrected chi connectivity index (χ0v) is 12.6. The van der Waals surface area contributed by atoms with Gasteiger partial charge in [-0.05, 0) is 30.5 Å². The molecule has 22 heavy (non-hydrogen) atoms. The number of nitrogens with one attached hydrogen (secondary N) is 1. The number of amides is 1. The number of aromatic nitrogens is 2. The summed E-state index contributed by atoms with van der Waals surface area (Å²) in [5.74, 6) is -0.0621. The second-order valence-electron chi connectivity index (χ2n) is 5.70. The second-order valence-corrected chi connectivity index (χ2v) is 5.70. The molecule has 1 saturated carbocycles. The van der Waals surface area contributed by atoms with Crippen LogP contribution in [0.1, 0.15) is 31.2 Å². The Morgan fingerprint density at radius 3 is 2.73 bits per heavy atom.